The standard InChI is InChI=1S/C14H17ClN2O3S/c15-13-5-4-10(7-16)6-14(13)21(19,20)17-8-11-2-1-3-12(11)9-18/h4-6,11-12,17-18H,1-3,8-9H2. The molecule has 1 aromatic rings. The van der Waals surface area contributed by atoms with Gasteiger partial charge in [-0.1, -0.05) is 18.0 Å². The van der Waals surface area contributed by atoms with Gasteiger partial charge in [0.15, 0.2) is 0 Å². The molecule has 0 saturated heterocycles. The lowest BCUT2D eigenvalue weighted by Crippen LogP contribution is -2.32. The highest BCUT2D eigenvalue weighted by molar-refractivity contribution is 7.89. The molecular weight excluding hydrogens is 312 g/mol. The zero-order valence-corrected chi connectivity index (χ0v) is 13.0. The molecule has 1 aliphatic rings. The Morgan fingerprint density at radius 2 is 2.10 bits per heavy atom. The predicted octanol–water partition coefficient (Wildman–Crippen LogP) is 1.90. The van der Waals surface area contributed by atoms with Crippen molar-refractivity contribution in [3.05, 3.63) is 28.8 Å². The summed E-state index contributed by atoms with van der Waals surface area (Å²) >= 11 is 5.92. The molecule has 2 atom stereocenters. The number of aliphatic hydroxyl groups excluding tert-OH is 1. The maximum absolute atomic E-state index is 12.3. The summed E-state index contributed by atoms with van der Waals surface area (Å²) in [4.78, 5) is -0.0817. The van der Waals surface area contributed by atoms with Crippen molar-refractivity contribution in [1.82, 2.24) is 4.72 Å². The first kappa shape index (κ1) is 16.2. The molecule has 0 spiro atoms. The average molecular weight is 329 g/mol. The molecule has 1 aromatic carbocycles. The Kier molecular flexibility index (Phi) is 5.22. The Morgan fingerprint density at radius 3 is 2.76 bits per heavy atom. The molecule has 5 nitrogen and oxygen atoms in total. The van der Waals surface area contributed by atoms with Gasteiger partial charge in [0.25, 0.3) is 0 Å². The molecular formula is C14H17ClN2O3S. The van der Waals surface area contributed by atoms with Crippen molar-refractivity contribution in [2.75, 3.05) is 13.2 Å². The van der Waals surface area contributed by atoms with E-state index in [0.717, 1.165) is 19.3 Å². The van der Waals surface area contributed by atoms with E-state index in [2.05, 4.69) is 4.72 Å². The summed E-state index contributed by atoms with van der Waals surface area (Å²) < 4.78 is 27.2. The number of hydrogen-bond acceptors (Lipinski definition) is 4. The minimum atomic E-state index is -3.76. The van der Waals surface area contributed by atoms with Crippen LogP contribution in [0.5, 0.6) is 0 Å². The van der Waals surface area contributed by atoms with Gasteiger partial charge in [0.2, 0.25) is 10.0 Å². The van der Waals surface area contributed by atoms with Crippen molar-refractivity contribution in [2.45, 2.75) is 24.2 Å². The largest absolute Gasteiger partial charge is 0.396 e. The van der Waals surface area contributed by atoms with Crippen molar-refractivity contribution < 1.29 is 13.5 Å². The van der Waals surface area contributed by atoms with E-state index in [0.29, 0.717) is 0 Å². The van der Waals surface area contributed by atoms with E-state index in [4.69, 9.17) is 16.9 Å². The number of aliphatic hydroxyl groups is 1. The van der Waals surface area contributed by atoms with Crippen LogP contribution in [-0.2, 0) is 10.0 Å². The fourth-order valence-electron chi connectivity index (χ4n) is 2.70. The molecule has 0 bridgehead atoms. The highest BCUT2D eigenvalue weighted by Gasteiger charge is 2.28. The van der Waals surface area contributed by atoms with Crippen LogP contribution < -0.4 is 4.72 Å². The summed E-state index contributed by atoms with van der Waals surface area (Å²) in [5, 5.41) is 18.2. The summed E-state index contributed by atoms with van der Waals surface area (Å²) in [6.45, 7) is 0.359. The van der Waals surface area contributed by atoms with Crippen LogP contribution in [0.2, 0.25) is 5.02 Å². The molecule has 2 unspecified atom stereocenters. The van der Waals surface area contributed by atoms with Gasteiger partial charge in [-0.25, -0.2) is 13.1 Å². The molecule has 7 heteroatoms. The number of nitriles is 1. The predicted molar refractivity (Wildman–Crippen MR) is 79.3 cm³/mol. The number of nitrogens with zero attached hydrogens (tertiary/aromatic N) is 1. The van der Waals surface area contributed by atoms with Gasteiger partial charge in [-0.3, -0.25) is 0 Å². The van der Waals surface area contributed by atoms with Crippen molar-refractivity contribution in [1.29, 1.82) is 5.26 Å². The Morgan fingerprint density at radius 1 is 1.38 bits per heavy atom. The van der Waals surface area contributed by atoms with Crippen LogP contribution in [0.15, 0.2) is 23.1 Å². The average Bonchev–Trinajstić information content (AvgIpc) is 2.93. The first-order valence-corrected chi connectivity index (χ1v) is 8.64. The summed E-state index contributed by atoms with van der Waals surface area (Å²) in [6.07, 6.45) is 2.83. The molecule has 2 rings (SSSR count). The summed E-state index contributed by atoms with van der Waals surface area (Å²) in [5.74, 6) is 0.288. The van der Waals surface area contributed by atoms with Crippen LogP contribution in [0.25, 0.3) is 0 Å². The minimum Gasteiger partial charge on any atom is -0.396 e. The molecule has 0 aromatic heterocycles. The molecule has 114 valence electrons. The summed E-state index contributed by atoms with van der Waals surface area (Å²) in [7, 11) is -3.76. The lowest BCUT2D eigenvalue weighted by molar-refractivity contribution is 0.195. The zero-order chi connectivity index (χ0) is 15.5. The molecule has 1 aliphatic carbocycles. The fourth-order valence-corrected chi connectivity index (χ4v) is 4.31. The molecule has 0 radical (unpaired) electrons. The van der Waals surface area contributed by atoms with E-state index >= 15 is 0 Å². The third-order valence-electron chi connectivity index (χ3n) is 3.94. The molecule has 1 saturated carbocycles. The number of sulfonamides is 1. The first-order chi connectivity index (χ1) is 9.97. The van der Waals surface area contributed by atoms with E-state index in [1.807, 2.05) is 6.07 Å². The maximum Gasteiger partial charge on any atom is 0.242 e. The second-order valence-electron chi connectivity index (χ2n) is 5.24. The van der Waals surface area contributed by atoms with Crippen molar-refractivity contribution >= 4 is 21.6 Å². The number of halogens is 1. The quantitative estimate of drug-likeness (QED) is 0.863. The third-order valence-corrected chi connectivity index (χ3v) is 5.84. The number of rotatable bonds is 5. The SMILES string of the molecule is N#Cc1ccc(Cl)c(S(=O)(=O)NCC2CCCC2CO)c1. The van der Waals surface area contributed by atoms with Crippen LogP contribution >= 0.6 is 11.6 Å². The molecule has 1 fully saturated rings. The molecule has 0 heterocycles. The number of nitrogens with one attached hydrogen (secondary N) is 1. The smallest absolute Gasteiger partial charge is 0.242 e. The highest BCUT2D eigenvalue weighted by Crippen LogP contribution is 2.31. The van der Waals surface area contributed by atoms with Crippen LogP contribution in [0, 0.1) is 23.2 Å². The summed E-state index contributed by atoms with van der Waals surface area (Å²) in [5.41, 5.74) is 0.244. The van der Waals surface area contributed by atoms with Crippen LogP contribution in [-0.4, -0.2) is 26.7 Å². The minimum absolute atomic E-state index is 0.0804. The van der Waals surface area contributed by atoms with Crippen LogP contribution in [0.1, 0.15) is 24.8 Å². The zero-order valence-electron chi connectivity index (χ0n) is 11.4. The Hall–Kier alpha value is -1.13. The van der Waals surface area contributed by atoms with Gasteiger partial charge in [-0.15, -0.1) is 0 Å². The van der Waals surface area contributed by atoms with Gasteiger partial charge in [0, 0.05) is 13.2 Å². The van der Waals surface area contributed by atoms with Crippen LogP contribution in [0.4, 0.5) is 0 Å². The number of hydrogen-bond donors (Lipinski definition) is 2. The third kappa shape index (κ3) is 3.74. The maximum atomic E-state index is 12.3. The lowest BCUT2D eigenvalue weighted by Gasteiger charge is -2.18. The van der Waals surface area contributed by atoms with E-state index in [1.165, 1.54) is 18.2 Å². The highest BCUT2D eigenvalue weighted by atomic mass is 35.5. The summed E-state index contributed by atoms with van der Waals surface area (Å²) in [6, 6.07) is 6.04. The fraction of sp³-hybridized carbons (Fsp3) is 0.500. The van der Waals surface area contributed by atoms with E-state index < -0.39 is 10.0 Å². The second kappa shape index (κ2) is 6.75. The van der Waals surface area contributed by atoms with Gasteiger partial charge in [-0.2, -0.15) is 5.26 Å². The van der Waals surface area contributed by atoms with E-state index in [9.17, 15) is 13.5 Å². The molecule has 0 aliphatic heterocycles. The van der Waals surface area contributed by atoms with Gasteiger partial charge in [0.05, 0.1) is 16.7 Å². The molecule has 2 N–H and O–H groups in total. The Bertz CT molecular complexity index is 655. The lowest BCUT2D eigenvalue weighted by atomic mass is 9.97. The second-order valence-corrected chi connectivity index (χ2v) is 7.39. The van der Waals surface area contributed by atoms with E-state index in [-0.39, 0.29) is 40.5 Å². The van der Waals surface area contributed by atoms with Crippen molar-refractivity contribution in [2.24, 2.45) is 11.8 Å². The van der Waals surface area contributed by atoms with Gasteiger partial charge < -0.3 is 5.11 Å². The Balaban J connectivity index is 2.14. The molecule has 21 heavy (non-hydrogen) atoms. The first-order valence-electron chi connectivity index (χ1n) is 6.78. The monoisotopic (exact) mass is 328 g/mol. The topological polar surface area (TPSA) is 90.2 Å². The van der Waals surface area contributed by atoms with E-state index in [1.54, 1.807) is 0 Å². The van der Waals surface area contributed by atoms with Gasteiger partial charge in [-0.05, 0) is 42.9 Å². The Labute approximate surface area is 129 Å². The van der Waals surface area contributed by atoms with Crippen molar-refractivity contribution in [3.63, 3.8) is 0 Å². The van der Waals surface area contributed by atoms with Crippen molar-refractivity contribution in [3.8, 4) is 6.07 Å². The molecule has 0 amide bonds. The van der Waals surface area contributed by atoms with Gasteiger partial charge in [0.1, 0.15) is 4.90 Å². The van der Waals surface area contributed by atoms with Gasteiger partial charge >= 0.3 is 0 Å². The van der Waals surface area contributed by atoms with Crippen LogP contribution in [0.3, 0.4) is 0 Å². The number of benzene rings is 1. The normalized spacial score (nSPS) is 22.1.